The van der Waals surface area contributed by atoms with Crippen molar-refractivity contribution in [3.05, 3.63) is 0 Å². The van der Waals surface area contributed by atoms with Gasteiger partial charge in [-0.2, -0.15) is 0 Å². The Balaban J connectivity index is 1.36. The van der Waals surface area contributed by atoms with Gasteiger partial charge in [0, 0.05) is 0 Å². The molecule has 0 heterocycles. The van der Waals surface area contributed by atoms with Gasteiger partial charge in [0.25, 0.3) is 0 Å². The molecular formula is C22H34O2. The van der Waals surface area contributed by atoms with Crippen LogP contribution in [0.2, 0.25) is 0 Å². The summed E-state index contributed by atoms with van der Waals surface area (Å²) in [6, 6.07) is 0. The van der Waals surface area contributed by atoms with E-state index in [0.29, 0.717) is 23.7 Å². The topological polar surface area (TPSA) is 26.3 Å². The van der Waals surface area contributed by atoms with E-state index in [1.807, 2.05) is 0 Å². The molecule has 0 aromatic heterocycles. The minimum atomic E-state index is -0.0960. The molecule has 134 valence electrons. The summed E-state index contributed by atoms with van der Waals surface area (Å²) in [5.41, 5.74) is -0.0960. The van der Waals surface area contributed by atoms with E-state index >= 15 is 0 Å². The maximum absolute atomic E-state index is 13.2. The lowest BCUT2D eigenvalue weighted by Gasteiger charge is -2.60. The molecule has 5 atom stereocenters. The lowest BCUT2D eigenvalue weighted by molar-refractivity contribution is -0.216. The molecule has 6 saturated carbocycles. The van der Waals surface area contributed by atoms with Crippen molar-refractivity contribution in [3.63, 3.8) is 0 Å². The zero-order valence-electron chi connectivity index (χ0n) is 15.7. The molecule has 6 bridgehead atoms. The lowest BCUT2D eigenvalue weighted by atomic mass is 9.49. The number of carbonyl (C=O) groups is 1. The molecule has 6 aliphatic rings. The SMILES string of the molecule is CCC1(OC(=O)C2CC3CC2C(C)C3C)C2CC3CC(C2)CC1C3. The Morgan fingerprint density at radius 1 is 0.917 bits per heavy atom. The molecule has 0 radical (unpaired) electrons. The van der Waals surface area contributed by atoms with Crippen molar-refractivity contribution in [2.45, 2.75) is 77.7 Å². The smallest absolute Gasteiger partial charge is 0.309 e. The number of carbonyl (C=O) groups excluding carboxylic acids is 1. The van der Waals surface area contributed by atoms with Crippen molar-refractivity contribution >= 4 is 5.97 Å². The van der Waals surface area contributed by atoms with Crippen molar-refractivity contribution < 1.29 is 9.53 Å². The molecular weight excluding hydrogens is 296 g/mol. The molecule has 0 saturated heterocycles. The second-order valence-electron chi connectivity index (χ2n) is 10.3. The van der Waals surface area contributed by atoms with Crippen LogP contribution < -0.4 is 0 Å². The first-order valence-electron chi connectivity index (χ1n) is 10.7. The molecule has 2 heteroatoms. The Morgan fingerprint density at radius 3 is 2.04 bits per heavy atom. The fourth-order valence-corrected chi connectivity index (χ4v) is 8.27. The van der Waals surface area contributed by atoms with Gasteiger partial charge in [-0.1, -0.05) is 20.8 Å². The Hall–Kier alpha value is -0.530. The fraction of sp³-hybridized carbons (Fsp3) is 0.955. The molecule has 24 heavy (non-hydrogen) atoms. The van der Waals surface area contributed by atoms with Crippen LogP contribution in [0, 0.1) is 53.3 Å². The lowest BCUT2D eigenvalue weighted by Crippen LogP contribution is -2.60. The molecule has 0 aromatic rings. The Labute approximate surface area is 147 Å². The highest BCUT2D eigenvalue weighted by Crippen LogP contribution is 2.61. The van der Waals surface area contributed by atoms with Crippen LogP contribution in [0.3, 0.4) is 0 Å². The number of esters is 1. The Kier molecular flexibility index (Phi) is 3.43. The number of fused-ring (bicyclic) bond motifs is 2. The summed E-state index contributed by atoms with van der Waals surface area (Å²) < 4.78 is 6.55. The first-order valence-corrected chi connectivity index (χ1v) is 10.7. The second kappa shape index (κ2) is 5.24. The summed E-state index contributed by atoms with van der Waals surface area (Å²) in [5, 5.41) is 0. The fourth-order valence-electron chi connectivity index (χ4n) is 8.27. The van der Waals surface area contributed by atoms with E-state index in [1.165, 1.54) is 38.5 Å². The van der Waals surface area contributed by atoms with E-state index in [-0.39, 0.29) is 17.5 Å². The highest BCUT2D eigenvalue weighted by atomic mass is 16.6. The number of hydrogen-bond acceptors (Lipinski definition) is 2. The van der Waals surface area contributed by atoms with Gasteiger partial charge in [-0.25, -0.2) is 0 Å². The maximum Gasteiger partial charge on any atom is 0.309 e. The van der Waals surface area contributed by atoms with Gasteiger partial charge in [0.15, 0.2) is 0 Å². The molecule has 6 aliphatic carbocycles. The number of rotatable bonds is 3. The quantitative estimate of drug-likeness (QED) is 0.676. The summed E-state index contributed by atoms with van der Waals surface area (Å²) in [7, 11) is 0. The third-order valence-corrected chi connectivity index (χ3v) is 9.56. The van der Waals surface area contributed by atoms with E-state index in [4.69, 9.17) is 4.74 Å². The van der Waals surface area contributed by atoms with Crippen LogP contribution >= 0.6 is 0 Å². The molecule has 6 fully saturated rings. The minimum absolute atomic E-state index is 0.0960. The van der Waals surface area contributed by atoms with Crippen LogP contribution in [0.4, 0.5) is 0 Å². The minimum Gasteiger partial charge on any atom is -0.458 e. The molecule has 2 nitrogen and oxygen atoms in total. The highest BCUT2D eigenvalue weighted by molar-refractivity contribution is 5.74. The van der Waals surface area contributed by atoms with Gasteiger partial charge < -0.3 is 4.74 Å². The van der Waals surface area contributed by atoms with Gasteiger partial charge in [0.1, 0.15) is 5.60 Å². The van der Waals surface area contributed by atoms with Crippen LogP contribution in [0.5, 0.6) is 0 Å². The van der Waals surface area contributed by atoms with Crippen LogP contribution in [-0.4, -0.2) is 11.6 Å². The van der Waals surface area contributed by atoms with Crippen LogP contribution in [0.15, 0.2) is 0 Å². The summed E-state index contributed by atoms with van der Waals surface area (Å²) in [6.07, 6.45) is 10.2. The Morgan fingerprint density at radius 2 is 1.54 bits per heavy atom. The molecule has 0 aliphatic heterocycles. The van der Waals surface area contributed by atoms with Gasteiger partial charge >= 0.3 is 5.97 Å². The zero-order chi connectivity index (χ0) is 16.6. The average Bonchev–Trinajstić information content (AvgIpc) is 3.11. The Bertz CT molecular complexity index is 508. The largest absolute Gasteiger partial charge is 0.458 e. The zero-order valence-corrected chi connectivity index (χ0v) is 15.7. The predicted molar refractivity (Wildman–Crippen MR) is 94.2 cm³/mol. The van der Waals surface area contributed by atoms with Crippen molar-refractivity contribution in [2.24, 2.45) is 53.3 Å². The predicted octanol–water partition coefficient (Wildman–Crippen LogP) is 5.06. The molecule has 0 N–H and O–H groups in total. The molecule has 0 spiro atoms. The second-order valence-corrected chi connectivity index (χ2v) is 10.3. The average molecular weight is 331 g/mol. The van der Waals surface area contributed by atoms with Crippen LogP contribution in [0.25, 0.3) is 0 Å². The van der Waals surface area contributed by atoms with Crippen molar-refractivity contribution in [2.75, 3.05) is 0 Å². The molecule has 0 aromatic carbocycles. The third kappa shape index (κ3) is 1.98. The standard InChI is InChI=1S/C22H34O2/c1-4-22(17-6-14-5-15(8-17)9-18(22)7-14)24-21(23)20-11-16-10-19(20)13(3)12(16)2/h12-20H,4-11H2,1-3H3. The first-order chi connectivity index (χ1) is 11.5. The molecule has 6 rings (SSSR count). The van der Waals surface area contributed by atoms with E-state index in [1.54, 1.807) is 0 Å². The highest BCUT2D eigenvalue weighted by Gasteiger charge is 2.60. The van der Waals surface area contributed by atoms with Gasteiger partial charge in [0.2, 0.25) is 0 Å². The van der Waals surface area contributed by atoms with Crippen LogP contribution in [0.1, 0.15) is 72.1 Å². The number of hydrogen-bond donors (Lipinski definition) is 0. The van der Waals surface area contributed by atoms with Crippen molar-refractivity contribution in [3.8, 4) is 0 Å². The van der Waals surface area contributed by atoms with E-state index in [0.717, 1.165) is 36.5 Å². The van der Waals surface area contributed by atoms with Crippen molar-refractivity contribution in [1.29, 1.82) is 0 Å². The van der Waals surface area contributed by atoms with Gasteiger partial charge in [-0.3, -0.25) is 4.79 Å². The normalized spacial score (nSPS) is 57.5. The van der Waals surface area contributed by atoms with Crippen LogP contribution in [-0.2, 0) is 9.53 Å². The summed E-state index contributed by atoms with van der Waals surface area (Å²) >= 11 is 0. The summed E-state index contributed by atoms with van der Waals surface area (Å²) in [4.78, 5) is 13.2. The number of ether oxygens (including phenoxy) is 1. The van der Waals surface area contributed by atoms with Gasteiger partial charge in [-0.15, -0.1) is 0 Å². The third-order valence-electron chi connectivity index (χ3n) is 9.56. The summed E-state index contributed by atoms with van der Waals surface area (Å²) in [5.74, 6) is 6.50. The molecule has 5 unspecified atom stereocenters. The van der Waals surface area contributed by atoms with Gasteiger partial charge in [-0.05, 0) is 98.7 Å². The monoisotopic (exact) mass is 330 g/mol. The van der Waals surface area contributed by atoms with E-state index in [2.05, 4.69) is 20.8 Å². The van der Waals surface area contributed by atoms with Gasteiger partial charge in [0.05, 0.1) is 5.92 Å². The van der Waals surface area contributed by atoms with Crippen molar-refractivity contribution in [1.82, 2.24) is 0 Å². The van der Waals surface area contributed by atoms with E-state index in [9.17, 15) is 4.79 Å². The maximum atomic E-state index is 13.2. The molecule has 0 amide bonds. The first kappa shape index (κ1) is 15.7. The van der Waals surface area contributed by atoms with E-state index < -0.39 is 0 Å². The summed E-state index contributed by atoms with van der Waals surface area (Å²) in [6.45, 7) is 7.04.